The molecule has 6 heteroatoms. The lowest BCUT2D eigenvalue weighted by Gasteiger charge is -2.27. The number of halogens is 1. The predicted molar refractivity (Wildman–Crippen MR) is 107 cm³/mol. The molecule has 1 aromatic heterocycles. The lowest BCUT2D eigenvalue weighted by atomic mass is 9.93. The Morgan fingerprint density at radius 1 is 1.26 bits per heavy atom. The minimum Gasteiger partial charge on any atom is -0.493 e. The maximum Gasteiger partial charge on any atom is 0.255 e. The van der Waals surface area contributed by atoms with Crippen molar-refractivity contribution in [3.8, 4) is 5.75 Å². The Balaban J connectivity index is 1.42. The Morgan fingerprint density at radius 2 is 2.07 bits per heavy atom. The van der Waals surface area contributed by atoms with Crippen molar-refractivity contribution in [2.45, 2.75) is 31.6 Å². The lowest BCUT2D eigenvalue weighted by molar-refractivity contribution is 0.0724. The highest BCUT2D eigenvalue weighted by molar-refractivity contribution is 6.33. The normalized spacial score (nSPS) is 19.1. The van der Waals surface area contributed by atoms with Crippen molar-refractivity contribution in [3.05, 3.63) is 52.7 Å². The second-order valence-corrected chi connectivity index (χ2v) is 7.57. The van der Waals surface area contributed by atoms with Crippen molar-refractivity contribution < 1.29 is 9.53 Å². The molecule has 2 aromatic rings. The molecule has 142 valence electrons. The van der Waals surface area contributed by atoms with Crippen LogP contribution in [-0.2, 0) is 0 Å². The van der Waals surface area contributed by atoms with Crippen LogP contribution in [0.1, 0.15) is 47.5 Å². The van der Waals surface area contributed by atoms with Crippen LogP contribution in [0.3, 0.4) is 0 Å². The van der Waals surface area contributed by atoms with Crippen molar-refractivity contribution in [2.24, 2.45) is 0 Å². The van der Waals surface area contributed by atoms with Crippen molar-refractivity contribution in [2.75, 3.05) is 31.6 Å². The Hall–Kier alpha value is -2.27. The molecule has 0 aliphatic carbocycles. The number of rotatable bonds is 4. The molecular formula is C21H24ClN3O2. The molecule has 2 aliphatic heterocycles. The molecule has 1 amide bonds. The molecule has 3 heterocycles. The topological polar surface area (TPSA) is 54.5 Å². The molecule has 1 fully saturated rings. The van der Waals surface area contributed by atoms with Crippen molar-refractivity contribution in [1.29, 1.82) is 0 Å². The summed E-state index contributed by atoms with van der Waals surface area (Å²) < 4.78 is 5.72. The summed E-state index contributed by atoms with van der Waals surface area (Å²) in [5.74, 6) is 1.95. The first-order chi connectivity index (χ1) is 13.2. The Kier molecular flexibility index (Phi) is 5.48. The third kappa shape index (κ3) is 4.03. The molecule has 1 atom stereocenters. The second kappa shape index (κ2) is 8.17. The zero-order valence-electron chi connectivity index (χ0n) is 15.3. The second-order valence-electron chi connectivity index (χ2n) is 7.16. The minimum absolute atomic E-state index is 0.0222. The number of fused-ring (bicyclic) bond motifs is 1. The predicted octanol–water partition coefficient (Wildman–Crippen LogP) is 4.34. The smallest absolute Gasteiger partial charge is 0.255 e. The van der Waals surface area contributed by atoms with Crippen LogP contribution in [0.2, 0.25) is 5.02 Å². The highest BCUT2D eigenvalue weighted by Crippen LogP contribution is 2.33. The minimum atomic E-state index is 0.0222. The molecule has 1 N–H and O–H groups in total. The number of benzene rings is 1. The van der Waals surface area contributed by atoms with Gasteiger partial charge in [0.15, 0.2) is 0 Å². The molecule has 2 aliphatic rings. The van der Waals surface area contributed by atoms with E-state index in [0.717, 1.165) is 44.6 Å². The number of para-hydroxylation sites is 1. The van der Waals surface area contributed by atoms with Crippen LogP contribution < -0.4 is 10.1 Å². The van der Waals surface area contributed by atoms with Gasteiger partial charge in [-0.05, 0) is 43.4 Å². The zero-order chi connectivity index (χ0) is 18.6. The molecule has 0 radical (unpaired) electrons. The van der Waals surface area contributed by atoms with Crippen LogP contribution in [0.5, 0.6) is 5.75 Å². The van der Waals surface area contributed by atoms with E-state index >= 15 is 0 Å². The van der Waals surface area contributed by atoms with Crippen LogP contribution in [-0.4, -0.2) is 42.0 Å². The number of ether oxygens (including phenoxy) is 1. The molecule has 0 bridgehead atoms. The average molecular weight is 386 g/mol. The fraction of sp³-hybridized carbons (Fsp3) is 0.429. The maximum absolute atomic E-state index is 12.6. The number of pyridine rings is 1. The van der Waals surface area contributed by atoms with Crippen LogP contribution in [0.15, 0.2) is 36.5 Å². The van der Waals surface area contributed by atoms with Gasteiger partial charge in [-0.15, -0.1) is 0 Å². The molecule has 1 aromatic carbocycles. The van der Waals surface area contributed by atoms with Crippen molar-refractivity contribution >= 4 is 23.3 Å². The maximum atomic E-state index is 12.6. The van der Waals surface area contributed by atoms with Crippen LogP contribution in [0.4, 0.5) is 5.82 Å². The number of anilines is 1. The Labute approximate surface area is 164 Å². The van der Waals surface area contributed by atoms with Crippen LogP contribution in [0, 0.1) is 0 Å². The fourth-order valence-corrected chi connectivity index (χ4v) is 4.05. The van der Waals surface area contributed by atoms with Gasteiger partial charge in [-0.25, -0.2) is 4.98 Å². The third-order valence-corrected chi connectivity index (χ3v) is 5.62. The van der Waals surface area contributed by atoms with Gasteiger partial charge < -0.3 is 15.0 Å². The van der Waals surface area contributed by atoms with Crippen molar-refractivity contribution in [3.63, 3.8) is 0 Å². The molecule has 1 saturated heterocycles. The highest BCUT2D eigenvalue weighted by atomic mass is 35.5. The van der Waals surface area contributed by atoms with Gasteiger partial charge in [0.25, 0.3) is 5.91 Å². The number of likely N-dealkylation sites (tertiary alicyclic amines) is 1. The number of carbonyl (C=O) groups is 1. The zero-order valence-corrected chi connectivity index (χ0v) is 16.0. The van der Waals surface area contributed by atoms with Gasteiger partial charge in [-0.1, -0.05) is 29.8 Å². The van der Waals surface area contributed by atoms with E-state index in [1.807, 2.05) is 23.1 Å². The van der Waals surface area contributed by atoms with E-state index in [-0.39, 0.29) is 5.91 Å². The first-order valence-corrected chi connectivity index (χ1v) is 10.0. The van der Waals surface area contributed by atoms with E-state index in [1.165, 1.54) is 12.0 Å². The van der Waals surface area contributed by atoms with Crippen LogP contribution in [0.25, 0.3) is 0 Å². The van der Waals surface area contributed by atoms with E-state index in [0.29, 0.717) is 28.9 Å². The number of hydrogen-bond donors (Lipinski definition) is 1. The number of carbonyl (C=O) groups excluding carboxylic acids is 1. The van der Waals surface area contributed by atoms with E-state index in [4.69, 9.17) is 16.3 Å². The van der Waals surface area contributed by atoms with Gasteiger partial charge >= 0.3 is 0 Å². The van der Waals surface area contributed by atoms with Gasteiger partial charge in [-0.2, -0.15) is 0 Å². The van der Waals surface area contributed by atoms with E-state index in [2.05, 4.69) is 16.4 Å². The summed E-state index contributed by atoms with van der Waals surface area (Å²) in [4.78, 5) is 18.9. The number of piperidine rings is 1. The standard InChI is InChI=1S/C21H24ClN3O2/c22-18-12-16(21(26)25-9-4-1-5-10-25)14-24-20(18)23-13-15-8-11-27-19-7-3-2-6-17(15)19/h2-3,6-7,12,14-15H,1,4-5,8-11,13H2,(H,23,24). The summed E-state index contributed by atoms with van der Waals surface area (Å²) in [5, 5.41) is 3.83. The number of nitrogens with one attached hydrogen (secondary N) is 1. The highest BCUT2D eigenvalue weighted by Gasteiger charge is 2.22. The largest absolute Gasteiger partial charge is 0.493 e. The molecule has 5 nitrogen and oxygen atoms in total. The molecule has 0 spiro atoms. The summed E-state index contributed by atoms with van der Waals surface area (Å²) in [6.45, 7) is 3.08. The number of aromatic nitrogens is 1. The van der Waals surface area contributed by atoms with Gasteiger partial charge in [0.1, 0.15) is 11.6 Å². The van der Waals surface area contributed by atoms with E-state index < -0.39 is 0 Å². The third-order valence-electron chi connectivity index (χ3n) is 5.33. The van der Waals surface area contributed by atoms with E-state index in [9.17, 15) is 4.79 Å². The Morgan fingerprint density at radius 3 is 2.89 bits per heavy atom. The summed E-state index contributed by atoms with van der Waals surface area (Å²) in [5.41, 5.74) is 1.77. The number of amides is 1. The number of hydrogen-bond acceptors (Lipinski definition) is 4. The molecule has 4 rings (SSSR count). The fourth-order valence-electron chi connectivity index (χ4n) is 3.81. The first-order valence-electron chi connectivity index (χ1n) is 9.63. The van der Waals surface area contributed by atoms with Gasteiger partial charge in [0.2, 0.25) is 0 Å². The van der Waals surface area contributed by atoms with E-state index in [1.54, 1.807) is 12.3 Å². The average Bonchev–Trinajstić information content (AvgIpc) is 2.73. The monoisotopic (exact) mass is 385 g/mol. The van der Waals surface area contributed by atoms with Gasteiger partial charge in [0.05, 0.1) is 17.2 Å². The molecular weight excluding hydrogens is 362 g/mol. The summed E-state index contributed by atoms with van der Waals surface area (Å²) in [7, 11) is 0. The SMILES string of the molecule is O=C(c1cnc(NCC2CCOc3ccccc32)c(Cl)c1)N1CCCCC1. The first kappa shape index (κ1) is 18.1. The van der Waals surface area contributed by atoms with Gasteiger partial charge in [-0.3, -0.25) is 4.79 Å². The summed E-state index contributed by atoms with van der Waals surface area (Å²) in [6.07, 6.45) is 5.91. The van der Waals surface area contributed by atoms with Crippen molar-refractivity contribution in [1.82, 2.24) is 9.88 Å². The van der Waals surface area contributed by atoms with Crippen LogP contribution >= 0.6 is 11.6 Å². The molecule has 0 saturated carbocycles. The lowest BCUT2D eigenvalue weighted by Crippen LogP contribution is -2.35. The summed E-state index contributed by atoms with van der Waals surface area (Å²) >= 11 is 6.41. The molecule has 1 unspecified atom stereocenters. The summed E-state index contributed by atoms with van der Waals surface area (Å²) in [6, 6.07) is 9.87. The Bertz CT molecular complexity index is 821. The quantitative estimate of drug-likeness (QED) is 0.850. The number of nitrogens with zero attached hydrogens (tertiary/aromatic N) is 2. The molecule has 27 heavy (non-hydrogen) atoms. The van der Waals surface area contributed by atoms with Gasteiger partial charge in [0, 0.05) is 31.7 Å².